The van der Waals surface area contributed by atoms with Crippen molar-refractivity contribution in [2.75, 3.05) is 16.3 Å². The standard InChI is InChI=1S/C28H26N2O2/c1-28(2,3)21-13-15-22(16-14-21)30-26(31)24(20-10-5-4-6-11-20)25(27(30)32)29-18-17-19-9-7-8-12-23(19)29/h4-16H,17-18H2,1-3H3. The second-order valence-corrected chi connectivity index (χ2v) is 9.36. The van der Waals surface area contributed by atoms with Crippen LogP contribution in [0.3, 0.4) is 0 Å². The Morgan fingerprint density at radius 2 is 1.41 bits per heavy atom. The lowest BCUT2D eigenvalue weighted by Gasteiger charge is -2.23. The molecule has 0 aromatic heterocycles. The van der Waals surface area contributed by atoms with E-state index in [1.807, 2.05) is 77.7 Å². The van der Waals surface area contributed by atoms with Crippen molar-refractivity contribution in [2.45, 2.75) is 32.6 Å². The Bertz CT molecular complexity index is 1230. The summed E-state index contributed by atoms with van der Waals surface area (Å²) in [5, 5.41) is 0. The number of anilines is 2. The van der Waals surface area contributed by atoms with Crippen molar-refractivity contribution in [1.29, 1.82) is 0 Å². The lowest BCUT2D eigenvalue weighted by molar-refractivity contribution is -0.120. The molecule has 3 aromatic carbocycles. The van der Waals surface area contributed by atoms with Gasteiger partial charge in [-0.25, -0.2) is 4.90 Å². The van der Waals surface area contributed by atoms with Crippen LogP contribution in [0.2, 0.25) is 0 Å². The van der Waals surface area contributed by atoms with E-state index in [9.17, 15) is 9.59 Å². The fourth-order valence-electron chi connectivity index (χ4n) is 4.55. The summed E-state index contributed by atoms with van der Waals surface area (Å²) < 4.78 is 0. The molecule has 0 fully saturated rings. The molecule has 0 atom stereocenters. The van der Waals surface area contributed by atoms with Gasteiger partial charge in [0.1, 0.15) is 5.70 Å². The van der Waals surface area contributed by atoms with Gasteiger partial charge < -0.3 is 4.90 Å². The number of benzene rings is 3. The van der Waals surface area contributed by atoms with Crippen LogP contribution in [-0.2, 0) is 21.4 Å². The highest BCUT2D eigenvalue weighted by Crippen LogP contribution is 2.40. The van der Waals surface area contributed by atoms with Crippen LogP contribution in [0.25, 0.3) is 5.57 Å². The normalized spacial score (nSPS) is 16.2. The molecule has 0 N–H and O–H groups in total. The highest BCUT2D eigenvalue weighted by atomic mass is 16.2. The van der Waals surface area contributed by atoms with Crippen molar-refractivity contribution in [1.82, 2.24) is 0 Å². The molecule has 0 saturated carbocycles. The Labute approximate surface area is 188 Å². The number of fused-ring (bicyclic) bond motifs is 1. The Morgan fingerprint density at radius 3 is 2.09 bits per heavy atom. The molecule has 160 valence electrons. The van der Waals surface area contributed by atoms with Gasteiger partial charge in [-0.3, -0.25) is 9.59 Å². The zero-order valence-corrected chi connectivity index (χ0v) is 18.6. The number of amides is 2. The molecule has 32 heavy (non-hydrogen) atoms. The first-order chi connectivity index (χ1) is 15.4. The summed E-state index contributed by atoms with van der Waals surface area (Å²) in [6.07, 6.45) is 0.851. The molecule has 4 nitrogen and oxygen atoms in total. The molecular weight excluding hydrogens is 396 g/mol. The van der Waals surface area contributed by atoms with Crippen LogP contribution in [-0.4, -0.2) is 18.4 Å². The molecule has 0 saturated heterocycles. The summed E-state index contributed by atoms with van der Waals surface area (Å²) in [6, 6.07) is 25.4. The van der Waals surface area contributed by atoms with E-state index < -0.39 is 0 Å². The number of imide groups is 1. The van der Waals surface area contributed by atoms with Crippen molar-refractivity contribution in [3.63, 3.8) is 0 Å². The van der Waals surface area contributed by atoms with Crippen LogP contribution in [0, 0.1) is 0 Å². The number of carbonyl (C=O) groups is 2. The number of nitrogens with zero attached hydrogens (tertiary/aromatic N) is 2. The van der Waals surface area contributed by atoms with Gasteiger partial charge in [0, 0.05) is 12.2 Å². The zero-order valence-electron chi connectivity index (χ0n) is 18.6. The number of carbonyl (C=O) groups excluding carboxylic acids is 2. The average molecular weight is 423 g/mol. The van der Waals surface area contributed by atoms with Gasteiger partial charge in [0.15, 0.2) is 0 Å². The van der Waals surface area contributed by atoms with Gasteiger partial charge in [0.2, 0.25) is 0 Å². The molecule has 0 unspecified atom stereocenters. The van der Waals surface area contributed by atoms with Gasteiger partial charge in [-0.1, -0.05) is 81.4 Å². The second kappa shape index (κ2) is 7.49. The van der Waals surface area contributed by atoms with Crippen molar-refractivity contribution in [2.24, 2.45) is 0 Å². The van der Waals surface area contributed by atoms with E-state index >= 15 is 0 Å². The predicted molar refractivity (Wildman–Crippen MR) is 128 cm³/mol. The van der Waals surface area contributed by atoms with E-state index in [0.29, 0.717) is 23.5 Å². The van der Waals surface area contributed by atoms with Gasteiger partial charge in [0.25, 0.3) is 11.8 Å². The third-order valence-corrected chi connectivity index (χ3v) is 6.27. The quantitative estimate of drug-likeness (QED) is 0.536. The molecule has 3 aromatic rings. The average Bonchev–Trinajstić information content (AvgIpc) is 3.32. The number of rotatable bonds is 3. The first-order valence-electron chi connectivity index (χ1n) is 11.0. The molecule has 0 radical (unpaired) electrons. The lowest BCUT2D eigenvalue weighted by Crippen LogP contribution is -2.35. The minimum Gasteiger partial charge on any atom is -0.336 e. The third-order valence-electron chi connectivity index (χ3n) is 6.27. The summed E-state index contributed by atoms with van der Waals surface area (Å²) in [6.45, 7) is 7.12. The molecule has 2 aliphatic rings. The smallest absolute Gasteiger partial charge is 0.282 e. The van der Waals surface area contributed by atoms with Crippen LogP contribution < -0.4 is 9.80 Å². The van der Waals surface area contributed by atoms with Crippen LogP contribution in [0.1, 0.15) is 37.5 Å². The molecule has 0 spiro atoms. The van der Waals surface area contributed by atoms with Crippen LogP contribution in [0.4, 0.5) is 11.4 Å². The predicted octanol–water partition coefficient (Wildman–Crippen LogP) is 5.33. The summed E-state index contributed by atoms with van der Waals surface area (Å²) in [5.41, 5.74) is 5.64. The van der Waals surface area contributed by atoms with Crippen LogP contribution >= 0.6 is 0 Å². The van der Waals surface area contributed by atoms with Gasteiger partial charge in [-0.05, 0) is 46.7 Å². The summed E-state index contributed by atoms with van der Waals surface area (Å²) in [4.78, 5) is 30.8. The number of hydrogen-bond donors (Lipinski definition) is 0. The SMILES string of the molecule is CC(C)(C)c1ccc(N2C(=O)C(c3ccccc3)=C(N3CCc4ccccc43)C2=O)cc1. The molecular formula is C28H26N2O2. The zero-order chi connectivity index (χ0) is 22.5. The Hall–Kier alpha value is -3.66. The third kappa shape index (κ3) is 3.23. The van der Waals surface area contributed by atoms with E-state index in [2.05, 4.69) is 26.8 Å². The molecule has 2 heterocycles. The van der Waals surface area contributed by atoms with E-state index in [-0.39, 0.29) is 17.2 Å². The van der Waals surface area contributed by atoms with Crippen molar-refractivity contribution in [3.05, 3.63) is 101 Å². The maximum absolute atomic E-state index is 13.8. The minimum atomic E-state index is -0.274. The van der Waals surface area contributed by atoms with Crippen LogP contribution in [0.5, 0.6) is 0 Å². The Morgan fingerprint density at radius 1 is 0.750 bits per heavy atom. The maximum atomic E-state index is 13.8. The summed E-state index contributed by atoms with van der Waals surface area (Å²) in [7, 11) is 0. The van der Waals surface area contributed by atoms with Gasteiger partial charge in [0.05, 0.1) is 11.3 Å². The maximum Gasteiger partial charge on any atom is 0.282 e. The molecule has 0 aliphatic carbocycles. The Kier molecular flexibility index (Phi) is 4.74. The summed E-state index contributed by atoms with van der Waals surface area (Å²) >= 11 is 0. The van der Waals surface area contributed by atoms with Gasteiger partial charge in [-0.15, -0.1) is 0 Å². The van der Waals surface area contributed by atoms with Crippen molar-refractivity contribution >= 4 is 28.8 Å². The lowest BCUT2D eigenvalue weighted by atomic mass is 9.87. The first-order valence-corrected chi connectivity index (χ1v) is 11.0. The monoisotopic (exact) mass is 422 g/mol. The number of para-hydroxylation sites is 1. The van der Waals surface area contributed by atoms with Gasteiger partial charge >= 0.3 is 0 Å². The molecule has 2 aliphatic heterocycles. The van der Waals surface area contributed by atoms with E-state index in [4.69, 9.17) is 0 Å². The van der Waals surface area contributed by atoms with Crippen LogP contribution in [0.15, 0.2) is 84.6 Å². The fourth-order valence-corrected chi connectivity index (χ4v) is 4.55. The molecule has 4 heteroatoms. The number of hydrogen-bond acceptors (Lipinski definition) is 3. The minimum absolute atomic E-state index is 0.00454. The molecule has 5 rings (SSSR count). The molecule has 0 bridgehead atoms. The second-order valence-electron chi connectivity index (χ2n) is 9.36. The van der Waals surface area contributed by atoms with E-state index in [0.717, 1.165) is 23.2 Å². The van der Waals surface area contributed by atoms with Crippen molar-refractivity contribution in [3.8, 4) is 0 Å². The highest BCUT2D eigenvalue weighted by Gasteiger charge is 2.44. The first kappa shape index (κ1) is 20.3. The fraction of sp³-hybridized carbons (Fsp3) is 0.214. The Balaban J connectivity index is 1.62. The topological polar surface area (TPSA) is 40.6 Å². The summed E-state index contributed by atoms with van der Waals surface area (Å²) in [5.74, 6) is -0.543. The van der Waals surface area contributed by atoms with E-state index in [1.165, 1.54) is 10.5 Å². The van der Waals surface area contributed by atoms with E-state index in [1.54, 1.807) is 0 Å². The van der Waals surface area contributed by atoms with Crippen molar-refractivity contribution < 1.29 is 9.59 Å². The largest absolute Gasteiger partial charge is 0.336 e. The van der Waals surface area contributed by atoms with Gasteiger partial charge in [-0.2, -0.15) is 0 Å². The highest BCUT2D eigenvalue weighted by molar-refractivity contribution is 6.46. The molecule has 2 amide bonds.